The van der Waals surface area contributed by atoms with Crippen LogP contribution in [0.3, 0.4) is 0 Å². The van der Waals surface area contributed by atoms with Crippen molar-refractivity contribution in [1.29, 1.82) is 0 Å². The fraction of sp³-hybridized carbons (Fsp3) is 0.375. The number of nitrogens with zero attached hydrogens (tertiary/aromatic N) is 1. The predicted molar refractivity (Wildman–Crippen MR) is 88.1 cm³/mol. The molecule has 1 saturated carbocycles. The lowest BCUT2D eigenvalue weighted by Gasteiger charge is -2.12. The third-order valence-corrected chi connectivity index (χ3v) is 5.00. The van der Waals surface area contributed by atoms with Gasteiger partial charge in [0.05, 0.1) is 11.5 Å². The van der Waals surface area contributed by atoms with Gasteiger partial charge in [-0.05, 0) is 30.9 Å². The Morgan fingerprint density at radius 3 is 2.86 bits per heavy atom. The molecule has 116 valence electrons. The molecule has 0 aliphatic heterocycles. The summed E-state index contributed by atoms with van der Waals surface area (Å²) in [5, 5.41) is 15.4. The van der Waals surface area contributed by atoms with Crippen LogP contribution < -0.4 is 10.6 Å². The number of benzene rings is 1. The first-order valence-electron chi connectivity index (χ1n) is 7.29. The van der Waals surface area contributed by atoms with Gasteiger partial charge in [0.1, 0.15) is 0 Å². The summed E-state index contributed by atoms with van der Waals surface area (Å²) in [6.45, 7) is 2.69. The number of amides is 2. The van der Waals surface area contributed by atoms with Crippen LogP contribution in [-0.4, -0.2) is 29.3 Å². The van der Waals surface area contributed by atoms with E-state index in [2.05, 4.69) is 28.6 Å². The zero-order chi connectivity index (χ0) is 15.6. The first kappa shape index (κ1) is 15.0. The van der Waals surface area contributed by atoms with Gasteiger partial charge in [-0.15, -0.1) is 0 Å². The van der Waals surface area contributed by atoms with E-state index < -0.39 is 0 Å². The Balaban J connectivity index is 1.60. The highest BCUT2D eigenvalue weighted by Gasteiger charge is 2.42. The number of hydrogen-bond donors (Lipinski definition) is 3. The minimum atomic E-state index is -0.273. The van der Waals surface area contributed by atoms with Gasteiger partial charge in [-0.2, -0.15) is 0 Å². The maximum Gasteiger partial charge on any atom is 0.321 e. The predicted octanol–water partition coefficient (Wildman–Crippen LogP) is 3.01. The average Bonchev–Trinajstić information content (AvgIpc) is 3.17. The van der Waals surface area contributed by atoms with Crippen molar-refractivity contribution in [2.24, 2.45) is 5.41 Å². The van der Waals surface area contributed by atoms with Gasteiger partial charge in [-0.1, -0.05) is 35.6 Å². The van der Waals surface area contributed by atoms with Gasteiger partial charge in [0.25, 0.3) is 0 Å². The number of rotatable bonds is 5. The van der Waals surface area contributed by atoms with Crippen molar-refractivity contribution in [2.45, 2.75) is 19.8 Å². The lowest BCUT2D eigenvalue weighted by Crippen LogP contribution is -2.35. The summed E-state index contributed by atoms with van der Waals surface area (Å²) in [6.07, 6.45) is 3.72. The number of aliphatic hydroxyl groups excluding tert-OH is 1. The quantitative estimate of drug-likeness (QED) is 0.793. The standard InChI is InChI=1S/C16H19N3O2S/c1-11-4-2-3-5-12(11)13-8-17-15(22-13)19-14(21)18-9-16(10-20)6-7-16/h2-5,8,20H,6-7,9-10H2,1H3,(H2,17,18,19,21). The van der Waals surface area contributed by atoms with Gasteiger partial charge in [0.15, 0.2) is 5.13 Å². The van der Waals surface area contributed by atoms with Crippen molar-refractivity contribution in [3.63, 3.8) is 0 Å². The zero-order valence-electron chi connectivity index (χ0n) is 12.4. The van der Waals surface area contributed by atoms with Crippen molar-refractivity contribution in [3.8, 4) is 10.4 Å². The molecule has 3 N–H and O–H groups in total. The second-order valence-electron chi connectivity index (χ2n) is 5.81. The largest absolute Gasteiger partial charge is 0.396 e. The molecule has 6 heteroatoms. The van der Waals surface area contributed by atoms with E-state index in [1.807, 2.05) is 18.2 Å². The Hall–Kier alpha value is -1.92. The first-order valence-corrected chi connectivity index (χ1v) is 8.11. The minimum Gasteiger partial charge on any atom is -0.396 e. The molecule has 0 bridgehead atoms. The Kier molecular flexibility index (Phi) is 4.13. The molecule has 0 saturated heterocycles. The molecule has 0 unspecified atom stereocenters. The maximum atomic E-state index is 11.9. The fourth-order valence-corrected chi connectivity index (χ4v) is 3.18. The van der Waals surface area contributed by atoms with Gasteiger partial charge in [-0.25, -0.2) is 9.78 Å². The highest BCUT2D eigenvalue weighted by molar-refractivity contribution is 7.19. The van der Waals surface area contributed by atoms with Crippen LogP contribution >= 0.6 is 11.3 Å². The smallest absolute Gasteiger partial charge is 0.321 e. The molecule has 2 aromatic rings. The SMILES string of the molecule is Cc1ccccc1-c1cnc(NC(=O)NCC2(CO)CC2)s1. The average molecular weight is 317 g/mol. The summed E-state index contributed by atoms with van der Waals surface area (Å²) < 4.78 is 0. The Labute approximate surface area is 133 Å². The molecule has 0 radical (unpaired) electrons. The van der Waals surface area contributed by atoms with E-state index in [-0.39, 0.29) is 18.1 Å². The Morgan fingerprint density at radius 1 is 1.41 bits per heavy atom. The molecule has 3 rings (SSSR count). The van der Waals surface area contributed by atoms with Crippen molar-refractivity contribution in [3.05, 3.63) is 36.0 Å². The second-order valence-corrected chi connectivity index (χ2v) is 6.84. The van der Waals surface area contributed by atoms with E-state index in [4.69, 9.17) is 0 Å². The maximum absolute atomic E-state index is 11.9. The van der Waals surface area contributed by atoms with Crippen LogP contribution in [-0.2, 0) is 0 Å². The van der Waals surface area contributed by atoms with E-state index in [9.17, 15) is 9.90 Å². The van der Waals surface area contributed by atoms with Gasteiger partial charge >= 0.3 is 6.03 Å². The van der Waals surface area contributed by atoms with E-state index >= 15 is 0 Å². The second kappa shape index (κ2) is 6.06. The first-order chi connectivity index (χ1) is 10.6. The van der Waals surface area contributed by atoms with Crippen LogP contribution in [0, 0.1) is 12.3 Å². The summed E-state index contributed by atoms with van der Waals surface area (Å²) in [6, 6.07) is 7.82. The van der Waals surface area contributed by atoms with Crippen LogP contribution in [0.4, 0.5) is 9.93 Å². The third kappa shape index (κ3) is 3.28. The number of nitrogens with one attached hydrogen (secondary N) is 2. The van der Waals surface area contributed by atoms with Crippen LogP contribution in [0.15, 0.2) is 30.5 Å². The topological polar surface area (TPSA) is 74.2 Å². The highest BCUT2D eigenvalue weighted by Crippen LogP contribution is 2.44. The Bertz CT molecular complexity index is 680. The number of carbonyl (C=O) groups excluding carboxylic acids is 1. The molecule has 22 heavy (non-hydrogen) atoms. The number of hydrogen-bond acceptors (Lipinski definition) is 4. The molecule has 1 aliphatic carbocycles. The van der Waals surface area contributed by atoms with Crippen LogP contribution in [0.25, 0.3) is 10.4 Å². The molecule has 2 amide bonds. The number of aliphatic hydroxyl groups is 1. The summed E-state index contributed by atoms with van der Waals surface area (Å²) >= 11 is 1.45. The monoisotopic (exact) mass is 317 g/mol. The Morgan fingerprint density at radius 2 is 2.18 bits per heavy atom. The number of anilines is 1. The lowest BCUT2D eigenvalue weighted by atomic mass is 10.1. The van der Waals surface area contributed by atoms with Crippen LogP contribution in [0.1, 0.15) is 18.4 Å². The van der Waals surface area contributed by atoms with Crippen LogP contribution in [0.5, 0.6) is 0 Å². The molecule has 1 heterocycles. The molecule has 1 aromatic carbocycles. The molecule has 0 atom stereocenters. The van der Waals surface area contributed by atoms with Crippen molar-refractivity contribution >= 4 is 22.5 Å². The van der Waals surface area contributed by atoms with Gasteiger partial charge in [0.2, 0.25) is 0 Å². The number of aromatic nitrogens is 1. The van der Waals surface area contributed by atoms with Gasteiger partial charge in [-0.3, -0.25) is 5.32 Å². The molecule has 1 aromatic heterocycles. The van der Waals surface area contributed by atoms with E-state index in [0.29, 0.717) is 11.7 Å². The summed E-state index contributed by atoms with van der Waals surface area (Å²) in [7, 11) is 0. The van der Waals surface area contributed by atoms with Crippen molar-refractivity contribution < 1.29 is 9.90 Å². The number of aryl methyl sites for hydroxylation is 1. The van der Waals surface area contributed by atoms with Crippen LogP contribution in [0.2, 0.25) is 0 Å². The molecular weight excluding hydrogens is 298 g/mol. The normalized spacial score (nSPS) is 15.4. The third-order valence-electron chi connectivity index (χ3n) is 4.05. The molecule has 1 fully saturated rings. The van der Waals surface area contributed by atoms with E-state index in [0.717, 1.165) is 23.3 Å². The molecular formula is C16H19N3O2S. The highest BCUT2D eigenvalue weighted by atomic mass is 32.1. The number of urea groups is 1. The number of carbonyl (C=O) groups is 1. The van der Waals surface area contributed by atoms with E-state index in [1.165, 1.54) is 16.9 Å². The van der Waals surface area contributed by atoms with Crippen molar-refractivity contribution in [1.82, 2.24) is 10.3 Å². The summed E-state index contributed by atoms with van der Waals surface area (Å²) in [5.41, 5.74) is 2.22. The van der Waals surface area contributed by atoms with E-state index in [1.54, 1.807) is 6.20 Å². The van der Waals surface area contributed by atoms with Gasteiger partial charge < -0.3 is 10.4 Å². The number of thiazole rings is 1. The zero-order valence-corrected chi connectivity index (χ0v) is 13.2. The van der Waals surface area contributed by atoms with Crippen molar-refractivity contribution in [2.75, 3.05) is 18.5 Å². The summed E-state index contributed by atoms with van der Waals surface area (Å²) in [4.78, 5) is 17.2. The molecule has 5 nitrogen and oxygen atoms in total. The summed E-state index contributed by atoms with van der Waals surface area (Å²) in [5.74, 6) is 0. The van der Waals surface area contributed by atoms with Gasteiger partial charge in [0, 0.05) is 18.2 Å². The fourth-order valence-electron chi connectivity index (χ4n) is 2.28. The molecule has 0 spiro atoms. The minimum absolute atomic E-state index is 0.0907. The lowest BCUT2D eigenvalue weighted by molar-refractivity contribution is 0.206. The molecule has 1 aliphatic rings.